The molecule has 2 heteroatoms. The van der Waals surface area contributed by atoms with Gasteiger partial charge in [0.1, 0.15) is 0 Å². The van der Waals surface area contributed by atoms with Gasteiger partial charge in [0.15, 0.2) is 0 Å². The second-order valence-corrected chi connectivity index (χ2v) is 18.1. The fourth-order valence-electron chi connectivity index (χ4n) is 11.0. The SMILES string of the molecule is CC1(C)c2cc(N(c3ccc(-c4ccccc4)cc3)c3ccc(-c4ccccc4)cc3)ccc2N(c2ccccc2)c2ccc(C3(c4ccccc4)c4ccccc4-c4ccccc43)cc21. The second kappa shape index (κ2) is 15.8. The number of benzene rings is 10. The largest absolute Gasteiger partial charge is 0.310 e. The first-order valence-electron chi connectivity index (χ1n) is 23.0. The third-order valence-corrected chi connectivity index (χ3v) is 14.1. The van der Waals surface area contributed by atoms with Gasteiger partial charge in [0.25, 0.3) is 0 Å². The van der Waals surface area contributed by atoms with Crippen molar-refractivity contribution in [3.63, 3.8) is 0 Å². The lowest BCUT2D eigenvalue weighted by Crippen LogP contribution is -2.33. The molecule has 0 saturated carbocycles. The zero-order chi connectivity index (χ0) is 44.2. The lowest BCUT2D eigenvalue weighted by Gasteiger charge is -2.44. The van der Waals surface area contributed by atoms with E-state index in [9.17, 15) is 0 Å². The second-order valence-electron chi connectivity index (χ2n) is 18.1. The van der Waals surface area contributed by atoms with Crippen LogP contribution in [0.15, 0.2) is 255 Å². The van der Waals surface area contributed by atoms with Crippen LogP contribution in [0.3, 0.4) is 0 Å². The maximum atomic E-state index is 2.54. The average molecular weight is 845 g/mol. The van der Waals surface area contributed by atoms with Crippen LogP contribution in [-0.2, 0) is 10.8 Å². The Morgan fingerprint density at radius 3 is 1.26 bits per heavy atom. The Labute approximate surface area is 388 Å². The van der Waals surface area contributed by atoms with E-state index in [1.807, 2.05) is 0 Å². The van der Waals surface area contributed by atoms with Gasteiger partial charge in [-0.3, -0.25) is 0 Å². The van der Waals surface area contributed by atoms with Crippen molar-refractivity contribution in [3.8, 4) is 33.4 Å². The smallest absolute Gasteiger partial charge is 0.0713 e. The summed E-state index contributed by atoms with van der Waals surface area (Å²) < 4.78 is 0. The molecule has 0 bridgehead atoms. The van der Waals surface area contributed by atoms with Gasteiger partial charge < -0.3 is 9.80 Å². The molecule has 12 rings (SSSR count). The zero-order valence-corrected chi connectivity index (χ0v) is 37.1. The molecule has 0 radical (unpaired) electrons. The van der Waals surface area contributed by atoms with E-state index in [0.29, 0.717) is 0 Å². The van der Waals surface area contributed by atoms with Crippen molar-refractivity contribution in [1.29, 1.82) is 0 Å². The van der Waals surface area contributed by atoms with Gasteiger partial charge in [0.2, 0.25) is 0 Å². The molecule has 2 aliphatic rings. The summed E-state index contributed by atoms with van der Waals surface area (Å²) in [4.78, 5) is 4.89. The third-order valence-electron chi connectivity index (χ3n) is 14.1. The molecule has 1 aliphatic carbocycles. The molecule has 0 amide bonds. The maximum Gasteiger partial charge on any atom is 0.0713 e. The molecule has 0 N–H and O–H groups in total. The summed E-state index contributed by atoms with van der Waals surface area (Å²) in [6.45, 7) is 4.83. The highest BCUT2D eigenvalue weighted by Crippen LogP contribution is 2.59. The number of para-hydroxylation sites is 1. The number of nitrogens with zero attached hydrogens (tertiary/aromatic N) is 2. The highest BCUT2D eigenvalue weighted by Gasteiger charge is 2.47. The van der Waals surface area contributed by atoms with Crippen molar-refractivity contribution in [2.45, 2.75) is 24.7 Å². The van der Waals surface area contributed by atoms with Crippen LogP contribution >= 0.6 is 0 Å². The summed E-state index contributed by atoms with van der Waals surface area (Å²) in [5.74, 6) is 0. The maximum absolute atomic E-state index is 2.54. The molecule has 0 spiro atoms. The van der Waals surface area contributed by atoms with Gasteiger partial charge in [-0.05, 0) is 127 Å². The van der Waals surface area contributed by atoms with Crippen molar-refractivity contribution < 1.29 is 0 Å². The van der Waals surface area contributed by atoms with Gasteiger partial charge in [0, 0.05) is 28.2 Å². The van der Waals surface area contributed by atoms with Gasteiger partial charge in [0.05, 0.1) is 16.8 Å². The molecule has 10 aromatic carbocycles. The summed E-state index contributed by atoms with van der Waals surface area (Å²) in [6, 6.07) is 93.7. The quantitative estimate of drug-likeness (QED) is 0.150. The van der Waals surface area contributed by atoms with Crippen LogP contribution in [0.5, 0.6) is 0 Å². The molecule has 1 aliphatic heterocycles. The van der Waals surface area contributed by atoms with Crippen molar-refractivity contribution >= 4 is 34.1 Å². The number of anilines is 6. The highest BCUT2D eigenvalue weighted by molar-refractivity contribution is 5.91. The normalized spacial score (nSPS) is 13.8. The summed E-state index contributed by atoms with van der Waals surface area (Å²) in [5, 5.41) is 0. The minimum Gasteiger partial charge on any atom is -0.310 e. The Balaban J connectivity index is 1.06. The number of rotatable bonds is 8. The Morgan fingerprint density at radius 2 is 0.727 bits per heavy atom. The monoisotopic (exact) mass is 844 g/mol. The van der Waals surface area contributed by atoms with Crippen molar-refractivity contribution in [1.82, 2.24) is 0 Å². The first kappa shape index (κ1) is 39.4. The zero-order valence-electron chi connectivity index (χ0n) is 37.1. The summed E-state index contributed by atoms with van der Waals surface area (Å²) >= 11 is 0. The summed E-state index contributed by atoms with van der Waals surface area (Å²) in [5.41, 5.74) is 21.0. The predicted molar refractivity (Wildman–Crippen MR) is 276 cm³/mol. The molecule has 0 unspecified atom stereocenters. The van der Waals surface area contributed by atoms with Crippen LogP contribution in [-0.4, -0.2) is 0 Å². The van der Waals surface area contributed by atoms with E-state index in [0.717, 1.165) is 22.7 Å². The lowest BCUT2D eigenvalue weighted by molar-refractivity contribution is 0.627. The molecular formula is C64H48N2. The minimum absolute atomic E-state index is 0.391. The molecular weight excluding hydrogens is 797 g/mol. The molecule has 2 nitrogen and oxygen atoms in total. The van der Waals surface area contributed by atoms with E-state index >= 15 is 0 Å². The van der Waals surface area contributed by atoms with E-state index in [1.54, 1.807) is 0 Å². The minimum atomic E-state index is -0.506. The molecule has 314 valence electrons. The number of fused-ring (bicyclic) bond motifs is 5. The fraction of sp³-hybridized carbons (Fsp3) is 0.0625. The molecule has 66 heavy (non-hydrogen) atoms. The van der Waals surface area contributed by atoms with Crippen LogP contribution in [0.2, 0.25) is 0 Å². The third kappa shape index (κ3) is 6.25. The standard InChI is InChI=1S/C64H48N2/c1-63(2)59-43-50(64(49-23-11-5-12-24-49)57-29-17-15-27-55(57)56-28-16-18-30-58(56)64)35-41-61(59)66(51-25-13-6-14-26-51)62-42-40-54(44-60(62)63)65(52-36-31-47(32-37-52)45-19-7-3-8-20-45)53-38-33-48(34-39-53)46-21-9-4-10-22-46/h3-44H,1-2H3. The Kier molecular flexibility index (Phi) is 9.43. The van der Waals surface area contributed by atoms with Crippen molar-refractivity contribution in [2.24, 2.45) is 0 Å². The lowest BCUT2D eigenvalue weighted by atomic mass is 9.65. The number of hydrogen-bond donors (Lipinski definition) is 0. The van der Waals surface area contributed by atoms with E-state index in [-0.39, 0.29) is 0 Å². The first-order valence-corrected chi connectivity index (χ1v) is 23.0. The molecule has 0 aromatic heterocycles. The predicted octanol–water partition coefficient (Wildman–Crippen LogP) is 17.0. The van der Waals surface area contributed by atoms with Gasteiger partial charge in [-0.25, -0.2) is 0 Å². The van der Waals surface area contributed by atoms with Crippen LogP contribution < -0.4 is 9.80 Å². The van der Waals surface area contributed by atoms with Crippen LogP contribution in [0.4, 0.5) is 34.1 Å². The van der Waals surface area contributed by atoms with Crippen molar-refractivity contribution in [3.05, 3.63) is 288 Å². The number of hydrogen-bond acceptors (Lipinski definition) is 2. The van der Waals surface area contributed by atoms with E-state index in [4.69, 9.17) is 0 Å². The Bertz CT molecular complexity index is 3230. The van der Waals surface area contributed by atoms with E-state index in [1.165, 1.54) is 78.1 Å². The molecule has 0 fully saturated rings. The molecule has 1 heterocycles. The van der Waals surface area contributed by atoms with Gasteiger partial charge >= 0.3 is 0 Å². The molecule has 10 aromatic rings. The van der Waals surface area contributed by atoms with E-state index in [2.05, 4.69) is 278 Å². The van der Waals surface area contributed by atoms with Crippen LogP contribution in [0, 0.1) is 0 Å². The Hall–Kier alpha value is -8.20. The Morgan fingerprint density at radius 1 is 0.318 bits per heavy atom. The highest BCUT2D eigenvalue weighted by atomic mass is 15.2. The molecule has 0 atom stereocenters. The van der Waals surface area contributed by atoms with Crippen LogP contribution in [0.25, 0.3) is 33.4 Å². The van der Waals surface area contributed by atoms with Gasteiger partial charge in [-0.1, -0.05) is 208 Å². The summed E-state index contributed by atoms with van der Waals surface area (Å²) in [7, 11) is 0. The van der Waals surface area contributed by atoms with E-state index < -0.39 is 10.8 Å². The fourth-order valence-corrected chi connectivity index (χ4v) is 11.0. The van der Waals surface area contributed by atoms with Crippen LogP contribution in [0.1, 0.15) is 47.2 Å². The average Bonchev–Trinajstić information content (AvgIpc) is 3.69. The first-order chi connectivity index (χ1) is 32.5. The summed E-state index contributed by atoms with van der Waals surface area (Å²) in [6.07, 6.45) is 0. The van der Waals surface area contributed by atoms with Crippen molar-refractivity contribution in [2.75, 3.05) is 9.80 Å². The topological polar surface area (TPSA) is 6.48 Å². The van der Waals surface area contributed by atoms with Gasteiger partial charge in [-0.2, -0.15) is 0 Å². The van der Waals surface area contributed by atoms with Gasteiger partial charge in [-0.15, -0.1) is 0 Å². The molecule has 0 saturated heterocycles.